The summed E-state index contributed by atoms with van der Waals surface area (Å²) in [6.07, 6.45) is 3.11. The molecule has 1 aliphatic heterocycles. The van der Waals surface area contributed by atoms with Gasteiger partial charge in [-0.2, -0.15) is 0 Å². The summed E-state index contributed by atoms with van der Waals surface area (Å²) in [7, 11) is 2.09. The average Bonchev–Trinajstić information content (AvgIpc) is 2.85. The van der Waals surface area contributed by atoms with Crippen LogP contribution < -0.4 is 0 Å². The molecule has 0 radical (unpaired) electrons. The first-order valence-electron chi connectivity index (χ1n) is 7.70. The number of azide groups is 1. The van der Waals surface area contributed by atoms with Crippen LogP contribution in [0.4, 0.5) is 0 Å². The molecule has 4 atom stereocenters. The van der Waals surface area contributed by atoms with Gasteiger partial charge in [-0.15, -0.1) is 8.58 Å². The first-order valence-corrected chi connectivity index (χ1v) is 9.91. The van der Waals surface area contributed by atoms with Gasteiger partial charge in [0.05, 0.1) is 13.0 Å². The molecule has 0 saturated carbocycles. The van der Waals surface area contributed by atoms with E-state index in [1.54, 1.807) is 24.3 Å². The number of halogens is 1. The van der Waals surface area contributed by atoms with Crippen molar-refractivity contribution in [1.29, 1.82) is 0 Å². The van der Waals surface area contributed by atoms with Gasteiger partial charge in [0.25, 0.3) is 0 Å². The highest BCUT2D eigenvalue weighted by atomic mass is 79.9. The molecule has 2 rings (SSSR count). The third-order valence-electron chi connectivity index (χ3n) is 4.24. The fraction of sp³-hybridized carbons (Fsp3) is 0.500. The fourth-order valence-corrected chi connectivity index (χ4v) is 4.55. The molecule has 0 bridgehead atoms. The first-order chi connectivity index (χ1) is 11.6. The van der Waals surface area contributed by atoms with Gasteiger partial charge in [0.15, 0.2) is 0 Å². The lowest BCUT2D eigenvalue weighted by Crippen LogP contribution is -2.33. The number of Topliss-reactive ketones (excluding diaryl/α,β-unsaturated/α-hetero) is 1. The summed E-state index contributed by atoms with van der Waals surface area (Å²) in [4.78, 5) is 28.0. The molecule has 2 unspecified atom stereocenters. The van der Waals surface area contributed by atoms with Crippen molar-refractivity contribution in [3.8, 4) is 0 Å². The third-order valence-corrected chi connectivity index (χ3v) is 6.05. The highest BCUT2D eigenvalue weighted by molar-refractivity contribution is 9.10. The number of carbonyl (C=O) groups excluding carboxylic acids is 2. The molecule has 1 aliphatic rings. The summed E-state index contributed by atoms with van der Waals surface area (Å²) in [5.74, 6) is -1.47. The van der Waals surface area contributed by atoms with Crippen LogP contribution in [0.2, 0.25) is 0 Å². The molecule has 6 nitrogen and oxygen atoms in total. The lowest BCUT2D eigenvalue weighted by Gasteiger charge is -2.24. The number of benzene rings is 1. The summed E-state index contributed by atoms with van der Waals surface area (Å²) in [6.45, 7) is 0. The van der Waals surface area contributed by atoms with Crippen molar-refractivity contribution in [3.05, 3.63) is 44.7 Å². The summed E-state index contributed by atoms with van der Waals surface area (Å²) in [6, 6.07) is 6.20. The minimum Gasteiger partial charge on any atom is -0.469 e. The Morgan fingerprint density at radius 2 is 1.92 bits per heavy atom. The number of esters is 1. The number of rotatable bonds is 5. The molecule has 0 N–H and O–H groups in total. The van der Waals surface area contributed by atoms with Crippen molar-refractivity contribution in [2.24, 2.45) is 17.0 Å². The van der Waals surface area contributed by atoms with E-state index in [2.05, 4.69) is 26.0 Å². The normalized spacial score (nSPS) is 22.9. The van der Waals surface area contributed by atoms with Crippen LogP contribution in [-0.2, 0) is 14.3 Å². The smallest absolute Gasteiger partial charge is 0.309 e. The minimum absolute atomic E-state index is 0.197. The number of ketones is 1. The summed E-state index contributed by atoms with van der Waals surface area (Å²) >= 11 is 3.35. The predicted molar refractivity (Wildman–Crippen MR) is 97.3 cm³/mol. The molecule has 0 aliphatic carbocycles. The highest BCUT2D eigenvalue weighted by Crippen LogP contribution is 2.36. The molecule has 1 saturated heterocycles. The molecule has 1 heterocycles. The van der Waals surface area contributed by atoms with Gasteiger partial charge in [-0.1, -0.05) is 33.2 Å². The Bertz CT molecular complexity index is 646. The van der Waals surface area contributed by atoms with Gasteiger partial charge >= 0.3 is 5.97 Å². The van der Waals surface area contributed by atoms with Crippen molar-refractivity contribution in [3.63, 3.8) is 0 Å². The summed E-state index contributed by atoms with van der Waals surface area (Å²) < 4.78 is 5.77. The van der Waals surface area contributed by atoms with E-state index in [1.807, 2.05) is 0 Å². The average molecular weight is 412 g/mol. The lowest BCUT2D eigenvalue weighted by atomic mass is 9.81. The van der Waals surface area contributed by atoms with Crippen LogP contribution in [0.1, 0.15) is 24.4 Å². The zero-order valence-corrected chi connectivity index (χ0v) is 15.9. The zero-order chi connectivity index (χ0) is 17.5. The number of methoxy groups -OCH3 is 1. The minimum atomic E-state index is -0.915. The van der Waals surface area contributed by atoms with E-state index in [0.29, 0.717) is 18.4 Å². The van der Waals surface area contributed by atoms with Crippen LogP contribution in [0.3, 0.4) is 0 Å². The maximum atomic E-state index is 13.1. The number of carbonyl (C=O) groups is 2. The van der Waals surface area contributed by atoms with E-state index < -0.39 is 17.9 Å². The Hall–Kier alpha value is -1.42. The van der Waals surface area contributed by atoms with E-state index in [1.165, 1.54) is 7.11 Å². The Morgan fingerprint density at radius 3 is 2.50 bits per heavy atom. The van der Waals surface area contributed by atoms with E-state index in [9.17, 15) is 9.59 Å². The Morgan fingerprint density at radius 1 is 1.29 bits per heavy atom. The van der Waals surface area contributed by atoms with E-state index in [4.69, 9.17) is 10.3 Å². The van der Waals surface area contributed by atoms with Gasteiger partial charge in [-0.05, 0) is 48.4 Å². The monoisotopic (exact) mass is 411 g/mol. The topological polar surface area (TPSA) is 92.1 Å². The molecule has 0 spiro atoms. The molecular weight excluding hydrogens is 393 g/mol. The van der Waals surface area contributed by atoms with Crippen LogP contribution in [0, 0.1) is 11.8 Å². The second-order valence-corrected chi connectivity index (χ2v) is 8.04. The third kappa shape index (κ3) is 4.56. The fourth-order valence-electron chi connectivity index (χ4n) is 3.00. The molecule has 0 aromatic heterocycles. The van der Waals surface area contributed by atoms with Crippen molar-refractivity contribution < 1.29 is 14.3 Å². The lowest BCUT2D eigenvalue weighted by molar-refractivity contribution is -0.150. The SMILES string of the molecule is COC(=O)[C@@H]1CCPCC[C@H]1C(=O)C(N=[N+]=[N-])c1ccc(Br)cc1. The van der Waals surface area contributed by atoms with E-state index in [0.717, 1.165) is 25.4 Å². The zero-order valence-electron chi connectivity index (χ0n) is 13.3. The molecule has 1 fully saturated rings. The van der Waals surface area contributed by atoms with E-state index in [-0.39, 0.29) is 11.8 Å². The predicted octanol–water partition coefficient (Wildman–Crippen LogP) is 4.25. The van der Waals surface area contributed by atoms with Gasteiger partial charge in [0.2, 0.25) is 0 Å². The number of nitrogens with zero attached hydrogens (tertiary/aromatic N) is 3. The molecule has 128 valence electrons. The second kappa shape index (κ2) is 9.16. The first kappa shape index (κ1) is 18.9. The van der Waals surface area contributed by atoms with Crippen molar-refractivity contribution in [1.82, 2.24) is 0 Å². The molecule has 1 aromatic carbocycles. The number of hydrogen-bond acceptors (Lipinski definition) is 4. The molecule has 24 heavy (non-hydrogen) atoms. The van der Waals surface area contributed by atoms with Crippen LogP contribution >= 0.6 is 24.5 Å². The molecule has 8 heteroatoms. The van der Waals surface area contributed by atoms with Crippen molar-refractivity contribution in [2.45, 2.75) is 18.9 Å². The van der Waals surface area contributed by atoms with Crippen LogP contribution in [0.5, 0.6) is 0 Å². The maximum absolute atomic E-state index is 13.1. The number of ether oxygens (including phenoxy) is 1. The van der Waals surface area contributed by atoms with Gasteiger partial charge < -0.3 is 4.74 Å². The maximum Gasteiger partial charge on any atom is 0.309 e. The van der Waals surface area contributed by atoms with Crippen LogP contribution in [0.25, 0.3) is 10.4 Å². The van der Waals surface area contributed by atoms with Crippen molar-refractivity contribution >= 4 is 36.3 Å². The Kier molecular flexibility index (Phi) is 7.22. The Labute approximate surface area is 150 Å². The summed E-state index contributed by atoms with van der Waals surface area (Å²) in [5, 5.41) is 3.72. The standard InChI is InChI=1S/C16H19BrN3O3P/c1-23-16(22)13-7-9-24-8-6-12(13)15(21)14(19-20-18)10-2-4-11(17)5-3-10/h2-5,12-14,24H,6-9H2,1H3/t12-,13-,14?/m1/s1. The molecule has 1 aromatic rings. The summed E-state index contributed by atoms with van der Waals surface area (Å²) in [5.41, 5.74) is 9.52. The highest BCUT2D eigenvalue weighted by Gasteiger charge is 2.38. The van der Waals surface area contributed by atoms with Gasteiger partial charge in [0.1, 0.15) is 11.8 Å². The Balaban J connectivity index is 2.33. The van der Waals surface area contributed by atoms with Gasteiger partial charge in [-0.25, -0.2) is 0 Å². The second-order valence-electron chi connectivity index (χ2n) is 5.62. The largest absolute Gasteiger partial charge is 0.469 e. The van der Waals surface area contributed by atoms with Gasteiger partial charge in [0, 0.05) is 15.3 Å². The van der Waals surface area contributed by atoms with Crippen LogP contribution in [0.15, 0.2) is 33.9 Å². The number of hydrogen-bond donors (Lipinski definition) is 0. The van der Waals surface area contributed by atoms with E-state index >= 15 is 0 Å². The van der Waals surface area contributed by atoms with Crippen LogP contribution in [-0.4, -0.2) is 31.2 Å². The molecular formula is C16H19BrN3O3P. The molecule has 0 amide bonds. The quantitative estimate of drug-likeness (QED) is 0.238. The van der Waals surface area contributed by atoms with Gasteiger partial charge in [-0.3, -0.25) is 9.59 Å². The van der Waals surface area contributed by atoms with Crippen molar-refractivity contribution in [2.75, 3.05) is 19.4 Å².